The number of amidine groups is 1. The van der Waals surface area contributed by atoms with E-state index in [0.29, 0.717) is 13.2 Å². The van der Waals surface area contributed by atoms with E-state index in [2.05, 4.69) is 4.99 Å². The van der Waals surface area contributed by atoms with Crippen molar-refractivity contribution in [2.75, 3.05) is 13.2 Å². The smallest absolute Gasteiger partial charge is 0.282 e. The van der Waals surface area contributed by atoms with E-state index in [1.807, 2.05) is 24.3 Å². The Morgan fingerprint density at radius 3 is 2.32 bits per heavy atom. The maximum absolute atomic E-state index is 12.9. The van der Waals surface area contributed by atoms with Crippen molar-refractivity contribution >= 4 is 6.02 Å². The molecule has 2 aromatic rings. The van der Waals surface area contributed by atoms with Crippen LogP contribution < -0.4 is 10.5 Å². The molecule has 114 valence electrons. The van der Waals surface area contributed by atoms with E-state index in [-0.39, 0.29) is 17.9 Å². The Balaban J connectivity index is 1.54. The van der Waals surface area contributed by atoms with E-state index in [1.165, 1.54) is 12.1 Å². The zero-order chi connectivity index (χ0) is 15.4. The van der Waals surface area contributed by atoms with Crippen molar-refractivity contribution in [2.45, 2.75) is 12.5 Å². The van der Waals surface area contributed by atoms with Crippen molar-refractivity contribution < 1.29 is 13.9 Å². The van der Waals surface area contributed by atoms with Crippen LogP contribution in [0.1, 0.15) is 6.42 Å². The number of ether oxygens (including phenoxy) is 2. The van der Waals surface area contributed by atoms with Gasteiger partial charge in [-0.15, -0.1) is 0 Å². The van der Waals surface area contributed by atoms with Crippen molar-refractivity contribution in [3.63, 3.8) is 0 Å². The third-order valence-corrected chi connectivity index (χ3v) is 3.49. The van der Waals surface area contributed by atoms with Crippen LogP contribution in [0, 0.1) is 5.82 Å². The number of hydrogen-bond donors (Lipinski definition) is 1. The van der Waals surface area contributed by atoms with Gasteiger partial charge in [0.25, 0.3) is 6.02 Å². The van der Waals surface area contributed by atoms with Gasteiger partial charge in [-0.05, 0) is 35.4 Å². The van der Waals surface area contributed by atoms with E-state index in [9.17, 15) is 4.39 Å². The van der Waals surface area contributed by atoms with Crippen LogP contribution in [0.3, 0.4) is 0 Å². The summed E-state index contributed by atoms with van der Waals surface area (Å²) in [6.07, 6.45) is 0.764. The minimum Gasteiger partial charge on any atom is -0.494 e. The van der Waals surface area contributed by atoms with Gasteiger partial charge in [0.15, 0.2) is 0 Å². The molecule has 4 nitrogen and oxygen atoms in total. The first kappa shape index (κ1) is 14.4. The molecule has 2 aromatic carbocycles. The Hall–Kier alpha value is -2.56. The molecular weight excluding hydrogens is 283 g/mol. The summed E-state index contributed by atoms with van der Waals surface area (Å²) in [6.45, 7) is 1.08. The van der Waals surface area contributed by atoms with Gasteiger partial charge in [-0.1, -0.05) is 24.3 Å². The second-order valence-electron chi connectivity index (χ2n) is 5.10. The number of nitrogens with zero attached hydrogens (tertiary/aromatic N) is 1. The molecule has 1 aliphatic rings. The van der Waals surface area contributed by atoms with Crippen LogP contribution in [-0.2, 0) is 4.74 Å². The number of aliphatic imine (C=N–C) groups is 1. The molecule has 0 saturated carbocycles. The quantitative estimate of drug-likeness (QED) is 0.923. The SMILES string of the molecule is NC1=NC(CCOc2ccc(-c3ccc(F)cc3)cc2)CO1. The first-order valence-corrected chi connectivity index (χ1v) is 7.15. The van der Waals surface area contributed by atoms with Crippen LogP contribution in [0.15, 0.2) is 53.5 Å². The van der Waals surface area contributed by atoms with Gasteiger partial charge >= 0.3 is 0 Å². The third kappa shape index (κ3) is 3.55. The molecular formula is C17H17FN2O2. The van der Waals surface area contributed by atoms with Crippen LogP contribution in [-0.4, -0.2) is 25.3 Å². The summed E-state index contributed by atoms with van der Waals surface area (Å²) < 4.78 is 23.7. The van der Waals surface area contributed by atoms with Crippen molar-refractivity contribution in [2.24, 2.45) is 10.7 Å². The second kappa shape index (κ2) is 6.47. The van der Waals surface area contributed by atoms with E-state index in [0.717, 1.165) is 23.3 Å². The van der Waals surface area contributed by atoms with Crippen molar-refractivity contribution in [1.82, 2.24) is 0 Å². The van der Waals surface area contributed by atoms with E-state index < -0.39 is 0 Å². The summed E-state index contributed by atoms with van der Waals surface area (Å²) in [5, 5.41) is 0. The predicted octanol–water partition coefficient (Wildman–Crippen LogP) is 2.98. The predicted molar refractivity (Wildman–Crippen MR) is 83.3 cm³/mol. The molecule has 22 heavy (non-hydrogen) atoms. The molecule has 0 amide bonds. The molecule has 0 saturated heterocycles. The summed E-state index contributed by atoms with van der Waals surface area (Å²) in [7, 11) is 0. The maximum Gasteiger partial charge on any atom is 0.282 e. The molecule has 1 aliphatic heterocycles. The Morgan fingerprint density at radius 1 is 1.09 bits per heavy atom. The van der Waals surface area contributed by atoms with E-state index in [4.69, 9.17) is 15.2 Å². The Bertz CT molecular complexity index is 653. The fourth-order valence-corrected chi connectivity index (χ4v) is 2.28. The molecule has 0 spiro atoms. The molecule has 3 rings (SSSR count). The number of halogens is 1. The molecule has 1 unspecified atom stereocenters. The highest BCUT2D eigenvalue weighted by Gasteiger charge is 2.16. The molecule has 0 radical (unpaired) electrons. The van der Waals surface area contributed by atoms with Crippen molar-refractivity contribution in [3.8, 4) is 16.9 Å². The molecule has 1 heterocycles. The fraction of sp³-hybridized carbons (Fsp3) is 0.235. The highest BCUT2D eigenvalue weighted by molar-refractivity contribution is 5.73. The minimum absolute atomic E-state index is 0.0819. The Kier molecular flexibility index (Phi) is 4.23. The molecule has 1 atom stereocenters. The zero-order valence-electron chi connectivity index (χ0n) is 12.0. The summed E-state index contributed by atoms with van der Waals surface area (Å²) in [5.74, 6) is 0.560. The largest absolute Gasteiger partial charge is 0.494 e. The van der Waals surface area contributed by atoms with E-state index >= 15 is 0 Å². The highest BCUT2D eigenvalue weighted by Crippen LogP contribution is 2.22. The fourth-order valence-electron chi connectivity index (χ4n) is 2.28. The normalized spacial score (nSPS) is 17.0. The molecule has 2 N–H and O–H groups in total. The van der Waals surface area contributed by atoms with E-state index in [1.54, 1.807) is 12.1 Å². The number of rotatable bonds is 5. The molecule has 0 bridgehead atoms. The Labute approximate surface area is 128 Å². The van der Waals surface area contributed by atoms with Gasteiger partial charge in [-0.2, -0.15) is 0 Å². The van der Waals surface area contributed by atoms with Crippen LogP contribution in [0.5, 0.6) is 5.75 Å². The average molecular weight is 300 g/mol. The van der Waals surface area contributed by atoms with Crippen molar-refractivity contribution in [3.05, 3.63) is 54.3 Å². The molecule has 5 heteroatoms. The topological polar surface area (TPSA) is 56.8 Å². The summed E-state index contributed by atoms with van der Waals surface area (Å²) in [6, 6.07) is 14.5. The van der Waals surface area contributed by atoms with Gasteiger partial charge in [-0.3, -0.25) is 0 Å². The number of nitrogens with two attached hydrogens (primary N) is 1. The highest BCUT2D eigenvalue weighted by atomic mass is 19.1. The lowest BCUT2D eigenvalue weighted by Crippen LogP contribution is -2.12. The maximum atomic E-state index is 12.9. The first-order chi connectivity index (χ1) is 10.7. The van der Waals surface area contributed by atoms with Gasteiger partial charge in [0, 0.05) is 6.42 Å². The van der Waals surface area contributed by atoms with Gasteiger partial charge in [0.05, 0.1) is 12.6 Å². The zero-order valence-corrected chi connectivity index (χ0v) is 12.0. The number of hydrogen-bond acceptors (Lipinski definition) is 4. The third-order valence-electron chi connectivity index (χ3n) is 3.49. The van der Waals surface area contributed by atoms with Gasteiger partial charge in [0.1, 0.15) is 18.2 Å². The first-order valence-electron chi connectivity index (χ1n) is 7.15. The summed E-state index contributed by atoms with van der Waals surface area (Å²) in [5.41, 5.74) is 7.45. The second-order valence-corrected chi connectivity index (χ2v) is 5.10. The lowest BCUT2D eigenvalue weighted by atomic mass is 10.1. The van der Waals surface area contributed by atoms with Gasteiger partial charge in [-0.25, -0.2) is 9.38 Å². The van der Waals surface area contributed by atoms with Crippen molar-refractivity contribution in [1.29, 1.82) is 0 Å². The summed E-state index contributed by atoms with van der Waals surface area (Å²) >= 11 is 0. The standard InChI is InChI=1S/C17H17FN2O2/c18-14-5-1-12(2-6-14)13-3-7-16(8-4-13)21-10-9-15-11-22-17(19)20-15/h1-8,15H,9-11H2,(H2,19,20). The van der Waals surface area contributed by atoms with Gasteiger partial charge < -0.3 is 15.2 Å². The van der Waals surface area contributed by atoms with Gasteiger partial charge in [0.2, 0.25) is 0 Å². The van der Waals surface area contributed by atoms with Crippen LogP contribution >= 0.6 is 0 Å². The molecule has 0 aromatic heterocycles. The lowest BCUT2D eigenvalue weighted by Gasteiger charge is -2.09. The average Bonchev–Trinajstić information content (AvgIpc) is 2.94. The monoisotopic (exact) mass is 300 g/mol. The van der Waals surface area contributed by atoms with Crippen LogP contribution in [0.4, 0.5) is 4.39 Å². The lowest BCUT2D eigenvalue weighted by molar-refractivity contribution is 0.263. The molecule has 0 aliphatic carbocycles. The Morgan fingerprint density at radius 2 is 1.73 bits per heavy atom. The van der Waals surface area contributed by atoms with Crippen LogP contribution in [0.25, 0.3) is 11.1 Å². The minimum atomic E-state index is -0.233. The summed E-state index contributed by atoms with van der Waals surface area (Å²) in [4.78, 5) is 4.14. The number of benzene rings is 2. The van der Waals surface area contributed by atoms with Crippen LogP contribution in [0.2, 0.25) is 0 Å². The molecule has 0 fully saturated rings.